The van der Waals surface area contributed by atoms with Crippen LogP contribution in [0.3, 0.4) is 0 Å². The Labute approximate surface area is 134 Å². The Morgan fingerprint density at radius 1 is 1.14 bits per heavy atom. The van der Waals surface area contributed by atoms with Crippen molar-refractivity contribution in [3.8, 4) is 0 Å². The number of carbonyl (C=O) groups excluding carboxylic acids is 2. The largest absolute Gasteiger partial charge is 0.492 e. The molecule has 22 heavy (non-hydrogen) atoms. The highest BCUT2D eigenvalue weighted by molar-refractivity contribution is 6.24. The first-order valence-electron chi connectivity index (χ1n) is 7.76. The van der Waals surface area contributed by atoms with Crippen molar-refractivity contribution in [3.63, 3.8) is 0 Å². The number of carbonyl (C=O) groups is 2. The third kappa shape index (κ3) is 3.57. The zero-order chi connectivity index (χ0) is 17.2. The van der Waals surface area contributed by atoms with Crippen LogP contribution in [-0.2, 0) is 14.3 Å². The van der Waals surface area contributed by atoms with Crippen LogP contribution in [0.1, 0.15) is 54.9 Å². The first kappa shape index (κ1) is 18.4. The number of methoxy groups -OCH3 is 1. The summed E-state index contributed by atoms with van der Waals surface area (Å²) < 4.78 is 5.11. The zero-order valence-corrected chi connectivity index (χ0v) is 15.1. The van der Waals surface area contributed by atoms with E-state index in [4.69, 9.17) is 4.74 Å². The highest BCUT2D eigenvalue weighted by Gasteiger charge is 2.37. The second kappa shape index (κ2) is 6.64. The molecule has 0 saturated heterocycles. The van der Waals surface area contributed by atoms with E-state index in [0.29, 0.717) is 22.6 Å². The number of ketones is 2. The van der Waals surface area contributed by atoms with Crippen LogP contribution < -0.4 is 0 Å². The van der Waals surface area contributed by atoms with Gasteiger partial charge in [-0.25, -0.2) is 0 Å². The summed E-state index contributed by atoms with van der Waals surface area (Å²) in [4.78, 5) is 25.1. The Bertz CT molecular complexity index is 584. The molecule has 0 aliphatic heterocycles. The van der Waals surface area contributed by atoms with Gasteiger partial charge in [0.2, 0.25) is 5.78 Å². The third-order valence-corrected chi connectivity index (χ3v) is 4.02. The Balaban J connectivity index is 3.33. The second-order valence-corrected chi connectivity index (χ2v) is 7.13. The minimum atomic E-state index is -0.476. The molecule has 3 heteroatoms. The van der Waals surface area contributed by atoms with Crippen molar-refractivity contribution in [1.29, 1.82) is 0 Å². The Morgan fingerprint density at radius 3 is 2.14 bits per heavy atom. The normalized spacial score (nSPS) is 17.8. The van der Waals surface area contributed by atoms with Gasteiger partial charge in [-0.2, -0.15) is 0 Å². The molecule has 0 atom stereocenters. The smallest absolute Gasteiger partial charge is 0.224 e. The minimum Gasteiger partial charge on any atom is -0.492 e. The summed E-state index contributed by atoms with van der Waals surface area (Å²) in [6.07, 6.45) is 3.10. The van der Waals surface area contributed by atoms with Gasteiger partial charge in [0.05, 0.1) is 7.11 Å². The van der Waals surface area contributed by atoms with Crippen LogP contribution in [0, 0.1) is 11.3 Å². The van der Waals surface area contributed by atoms with Crippen LogP contribution in [0.2, 0.25) is 0 Å². The maximum absolute atomic E-state index is 12.7. The molecule has 0 aromatic heterocycles. The molecule has 0 heterocycles. The number of ether oxygens (including phenoxy) is 1. The van der Waals surface area contributed by atoms with Gasteiger partial charge in [-0.1, -0.05) is 39.3 Å². The average Bonchev–Trinajstić information content (AvgIpc) is 2.35. The van der Waals surface area contributed by atoms with Crippen molar-refractivity contribution in [1.82, 2.24) is 0 Å². The monoisotopic (exact) mass is 304 g/mol. The highest BCUT2D eigenvalue weighted by atomic mass is 16.5. The van der Waals surface area contributed by atoms with E-state index in [1.54, 1.807) is 13.8 Å². The Kier molecular flexibility index (Phi) is 5.55. The summed E-state index contributed by atoms with van der Waals surface area (Å²) >= 11 is 0. The molecule has 0 bridgehead atoms. The number of allylic oxidation sites excluding steroid dienone is 5. The molecule has 1 rings (SSSR count). The Hall–Kier alpha value is -1.64. The lowest BCUT2D eigenvalue weighted by Crippen LogP contribution is -2.30. The lowest BCUT2D eigenvalue weighted by molar-refractivity contribution is -0.119. The summed E-state index contributed by atoms with van der Waals surface area (Å²) in [6, 6.07) is 0. The quantitative estimate of drug-likeness (QED) is 0.559. The van der Waals surface area contributed by atoms with Crippen molar-refractivity contribution < 1.29 is 14.3 Å². The third-order valence-electron chi connectivity index (χ3n) is 4.02. The molecule has 0 N–H and O–H groups in total. The van der Waals surface area contributed by atoms with Gasteiger partial charge in [0.25, 0.3) is 0 Å². The van der Waals surface area contributed by atoms with Gasteiger partial charge in [-0.05, 0) is 33.1 Å². The van der Waals surface area contributed by atoms with Crippen LogP contribution >= 0.6 is 0 Å². The molecule has 0 aromatic rings. The van der Waals surface area contributed by atoms with Gasteiger partial charge < -0.3 is 4.74 Å². The molecule has 0 radical (unpaired) electrons. The molecule has 0 spiro atoms. The molecule has 0 saturated carbocycles. The maximum atomic E-state index is 12.7. The van der Waals surface area contributed by atoms with Crippen LogP contribution in [-0.4, -0.2) is 18.7 Å². The van der Waals surface area contributed by atoms with Gasteiger partial charge in [-0.3, -0.25) is 9.59 Å². The van der Waals surface area contributed by atoms with Gasteiger partial charge in [-0.15, -0.1) is 0 Å². The van der Waals surface area contributed by atoms with Gasteiger partial charge >= 0.3 is 0 Å². The van der Waals surface area contributed by atoms with Crippen LogP contribution in [0.4, 0.5) is 0 Å². The summed E-state index contributed by atoms with van der Waals surface area (Å²) in [7, 11) is 1.43. The number of hydrogen-bond acceptors (Lipinski definition) is 3. The average molecular weight is 304 g/mol. The number of rotatable bonds is 5. The summed E-state index contributed by atoms with van der Waals surface area (Å²) in [6.45, 7) is 13.8. The predicted octanol–water partition coefficient (Wildman–Crippen LogP) is 4.39. The summed E-state index contributed by atoms with van der Waals surface area (Å²) in [5.41, 5.74) is 2.23. The standard InChI is InChI=1S/C19H28O3/c1-11(2)9-12(3)10-19(6,7)15-13(4)17(21)18(22-8)14(5)16(15)20/h10-11H,9H2,1-8H3/b12-10+. The molecular weight excluding hydrogens is 276 g/mol. The molecule has 3 nitrogen and oxygen atoms in total. The molecule has 1 aliphatic rings. The highest BCUT2D eigenvalue weighted by Crippen LogP contribution is 2.38. The maximum Gasteiger partial charge on any atom is 0.224 e. The summed E-state index contributed by atoms with van der Waals surface area (Å²) in [5.74, 6) is 0.461. The summed E-state index contributed by atoms with van der Waals surface area (Å²) in [5, 5.41) is 0. The first-order valence-corrected chi connectivity index (χ1v) is 7.76. The van der Waals surface area contributed by atoms with E-state index in [1.165, 1.54) is 12.7 Å². The molecular formula is C19H28O3. The topological polar surface area (TPSA) is 43.4 Å². The molecule has 0 amide bonds. The van der Waals surface area contributed by atoms with E-state index in [1.807, 2.05) is 13.8 Å². The van der Waals surface area contributed by atoms with E-state index in [0.717, 1.165) is 6.42 Å². The first-order chi connectivity index (χ1) is 10.0. The minimum absolute atomic E-state index is 0.0902. The molecule has 1 aliphatic carbocycles. The van der Waals surface area contributed by atoms with Crippen molar-refractivity contribution >= 4 is 11.6 Å². The van der Waals surface area contributed by atoms with Gasteiger partial charge in [0.1, 0.15) is 0 Å². The SMILES string of the molecule is COC1=C(C)C(=O)C(C(C)(C)/C=C(\C)CC(C)C)=C(C)C1=O. The zero-order valence-electron chi connectivity index (χ0n) is 15.1. The number of Topliss-reactive ketones (excluding diaryl/α,β-unsaturated/α-hetero) is 2. The molecule has 0 unspecified atom stereocenters. The fourth-order valence-corrected chi connectivity index (χ4v) is 3.33. The van der Waals surface area contributed by atoms with Crippen LogP contribution in [0.15, 0.2) is 34.1 Å². The van der Waals surface area contributed by atoms with E-state index in [-0.39, 0.29) is 17.3 Å². The molecule has 122 valence electrons. The lowest BCUT2D eigenvalue weighted by Gasteiger charge is -2.30. The lowest BCUT2D eigenvalue weighted by atomic mass is 9.73. The van der Waals surface area contributed by atoms with E-state index in [9.17, 15) is 9.59 Å². The number of hydrogen-bond donors (Lipinski definition) is 0. The second-order valence-electron chi connectivity index (χ2n) is 7.13. The van der Waals surface area contributed by atoms with Crippen LogP contribution in [0.5, 0.6) is 0 Å². The van der Waals surface area contributed by atoms with E-state index >= 15 is 0 Å². The van der Waals surface area contributed by atoms with Gasteiger partial charge in [0, 0.05) is 22.1 Å². The van der Waals surface area contributed by atoms with Crippen molar-refractivity contribution in [2.45, 2.75) is 54.9 Å². The molecule has 0 fully saturated rings. The molecule has 0 aromatic carbocycles. The van der Waals surface area contributed by atoms with Crippen molar-refractivity contribution in [3.05, 3.63) is 34.1 Å². The van der Waals surface area contributed by atoms with E-state index in [2.05, 4.69) is 26.8 Å². The Morgan fingerprint density at radius 2 is 1.68 bits per heavy atom. The van der Waals surface area contributed by atoms with Gasteiger partial charge in [0.15, 0.2) is 11.5 Å². The van der Waals surface area contributed by atoms with Crippen molar-refractivity contribution in [2.24, 2.45) is 11.3 Å². The predicted molar refractivity (Wildman–Crippen MR) is 89.4 cm³/mol. The van der Waals surface area contributed by atoms with E-state index < -0.39 is 5.41 Å². The fourth-order valence-electron chi connectivity index (χ4n) is 3.33. The van der Waals surface area contributed by atoms with Crippen molar-refractivity contribution in [2.75, 3.05) is 7.11 Å². The van der Waals surface area contributed by atoms with Crippen LogP contribution in [0.25, 0.3) is 0 Å². The fraction of sp³-hybridized carbons (Fsp3) is 0.579.